The van der Waals surface area contributed by atoms with Gasteiger partial charge in [0.1, 0.15) is 0 Å². The fourth-order valence-electron chi connectivity index (χ4n) is 1.31. The Morgan fingerprint density at radius 1 is 1.53 bits per heavy atom. The third-order valence-electron chi connectivity index (χ3n) is 2.37. The monoisotopic (exact) mass is 255 g/mol. The van der Waals surface area contributed by atoms with Crippen LogP contribution in [0.4, 0.5) is 0 Å². The van der Waals surface area contributed by atoms with Crippen molar-refractivity contribution < 1.29 is 4.79 Å². The SMILES string of the molecule is Cc1ncsc1CNCCC(=O)NCC(C)C. The highest BCUT2D eigenvalue weighted by Crippen LogP contribution is 2.10. The maximum Gasteiger partial charge on any atom is 0.221 e. The maximum absolute atomic E-state index is 11.4. The molecule has 0 atom stereocenters. The number of nitrogens with zero attached hydrogens (tertiary/aromatic N) is 1. The van der Waals surface area contributed by atoms with E-state index in [1.165, 1.54) is 4.88 Å². The molecule has 1 aromatic heterocycles. The van der Waals surface area contributed by atoms with Crippen molar-refractivity contribution >= 4 is 17.2 Å². The molecule has 0 radical (unpaired) electrons. The largest absolute Gasteiger partial charge is 0.356 e. The van der Waals surface area contributed by atoms with Gasteiger partial charge in [0.05, 0.1) is 11.2 Å². The zero-order valence-electron chi connectivity index (χ0n) is 10.7. The van der Waals surface area contributed by atoms with E-state index in [9.17, 15) is 4.79 Å². The Morgan fingerprint density at radius 2 is 2.29 bits per heavy atom. The van der Waals surface area contributed by atoms with Crippen LogP contribution in [0.15, 0.2) is 5.51 Å². The summed E-state index contributed by atoms with van der Waals surface area (Å²) in [6.45, 7) is 8.45. The van der Waals surface area contributed by atoms with Gasteiger partial charge in [-0.15, -0.1) is 11.3 Å². The molecule has 0 saturated heterocycles. The van der Waals surface area contributed by atoms with Crippen molar-refractivity contribution in [3.8, 4) is 0 Å². The first-order valence-electron chi connectivity index (χ1n) is 5.96. The average molecular weight is 255 g/mol. The molecule has 5 heteroatoms. The highest BCUT2D eigenvalue weighted by atomic mass is 32.1. The predicted octanol–water partition coefficient (Wildman–Crippen LogP) is 1.70. The molecule has 1 heterocycles. The summed E-state index contributed by atoms with van der Waals surface area (Å²) in [6.07, 6.45) is 0.532. The summed E-state index contributed by atoms with van der Waals surface area (Å²) >= 11 is 1.65. The van der Waals surface area contributed by atoms with Crippen molar-refractivity contribution in [2.24, 2.45) is 5.92 Å². The Hall–Kier alpha value is -0.940. The topological polar surface area (TPSA) is 54.0 Å². The van der Waals surface area contributed by atoms with Gasteiger partial charge in [0, 0.05) is 30.9 Å². The average Bonchev–Trinajstić information content (AvgIpc) is 2.68. The summed E-state index contributed by atoms with van der Waals surface area (Å²) in [5, 5.41) is 6.16. The molecule has 0 spiro atoms. The van der Waals surface area contributed by atoms with E-state index < -0.39 is 0 Å². The van der Waals surface area contributed by atoms with Crippen LogP contribution >= 0.6 is 11.3 Å². The van der Waals surface area contributed by atoms with Crippen molar-refractivity contribution in [2.75, 3.05) is 13.1 Å². The Morgan fingerprint density at radius 3 is 2.88 bits per heavy atom. The molecular weight excluding hydrogens is 234 g/mol. The van der Waals surface area contributed by atoms with Gasteiger partial charge in [-0.1, -0.05) is 13.8 Å². The zero-order chi connectivity index (χ0) is 12.7. The van der Waals surface area contributed by atoms with Gasteiger partial charge in [0.25, 0.3) is 0 Å². The second kappa shape index (κ2) is 7.40. The lowest BCUT2D eigenvalue weighted by Gasteiger charge is -2.08. The first kappa shape index (κ1) is 14.1. The summed E-state index contributed by atoms with van der Waals surface area (Å²) in [4.78, 5) is 16.8. The number of aryl methyl sites for hydroxylation is 1. The predicted molar refractivity (Wildman–Crippen MR) is 71.0 cm³/mol. The molecule has 1 amide bonds. The molecule has 0 aliphatic heterocycles. The van der Waals surface area contributed by atoms with Crippen molar-refractivity contribution in [1.29, 1.82) is 0 Å². The summed E-state index contributed by atoms with van der Waals surface area (Å²) in [7, 11) is 0. The molecule has 0 saturated carbocycles. The molecular formula is C12H21N3OS. The number of rotatable bonds is 7. The number of aromatic nitrogens is 1. The number of amides is 1. The van der Waals surface area contributed by atoms with Crippen LogP contribution in [0.1, 0.15) is 30.8 Å². The maximum atomic E-state index is 11.4. The van der Waals surface area contributed by atoms with Crippen LogP contribution < -0.4 is 10.6 Å². The molecule has 2 N–H and O–H groups in total. The second-order valence-electron chi connectivity index (χ2n) is 4.49. The quantitative estimate of drug-likeness (QED) is 0.729. The summed E-state index contributed by atoms with van der Waals surface area (Å²) in [5.41, 5.74) is 2.92. The van der Waals surface area contributed by atoms with Crippen molar-refractivity contribution in [3.63, 3.8) is 0 Å². The molecule has 96 valence electrons. The van der Waals surface area contributed by atoms with Gasteiger partial charge in [-0.3, -0.25) is 4.79 Å². The summed E-state index contributed by atoms with van der Waals surface area (Å²) in [6, 6.07) is 0. The lowest BCUT2D eigenvalue weighted by atomic mass is 10.2. The molecule has 0 aromatic carbocycles. The molecule has 1 aromatic rings. The number of carbonyl (C=O) groups excluding carboxylic acids is 1. The highest BCUT2D eigenvalue weighted by molar-refractivity contribution is 7.09. The van der Waals surface area contributed by atoms with Crippen LogP contribution in [0.2, 0.25) is 0 Å². The molecule has 1 rings (SSSR count). The molecule has 17 heavy (non-hydrogen) atoms. The number of nitrogens with one attached hydrogen (secondary N) is 2. The minimum Gasteiger partial charge on any atom is -0.356 e. The minimum atomic E-state index is 0.118. The summed E-state index contributed by atoms with van der Waals surface area (Å²) < 4.78 is 0. The van der Waals surface area contributed by atoms with E-state index in [1.807, 2.05) is 12.4 Å². The third-order valence-corrected chi connectivity index (χ3v) is 3.30. The van der Waals surface area contributed by atoms with Crippen molar-refractivity contribution in [2.45, 2.75) is 33.7 Å². The fraction of sp³-hybridized carbons (Fsp3) is 0.667. The lowest BCUT2D eigenvalue weighted by Crippen LogP contribution is -2.30. The molecule has 0 unspecified atom stereocenters. The molecule has 0 fully saturated rings. The van der Waals surface area contributed by atoms with E-state index in [0.29, 0.717) is 18.9 Å². The molecule has 0 bridgehead atoms. The van der Waals surface area contributed by atoms with E-state index in [0.717, 1.165) is 18.8 Å². The number of hydrogen-bond acceptors (Lipinski definition) is 4. The third kappa shape index (κ3) is 5.79. The zero-order valence-corrected chi connectivity index (χ0v) is 11.6. The van der Waals surface area contributed by atoms with Gasteiger partial charge in [-0.05, 0) is 12.8 Å². The van der Waals surface area contributed by atoms with Crippen molar-refractivity contribution in [1.82, 2.24) is 15.6 Å². The van der Waals surface area contributed by atoms with Crippen LogP contribution in [-0.2, 0) is 11.3 Å². The Kier molecular flexibility index (Phi) is 6.15. The van der Waals surface area contributed by atoms with Gasteiger partial charge in [0.2, 0.25) is 5.91 Å². The normalized spacial score (nSPS) is 10.8. The fourth-order valence-corrected chi connectivity index (χ4v) is 2.05. The van der Waals surface area contributed by atoms with E-state index in [2.05, 4.69) is 29.5 Å². The molecule has 4 nitrogen and oxygen atoms in total. The highest BCUT2D eigenvalue weighted by Gasteiger charge is 2.03. The van der Waals surface area contributed by atoms with Crippen LogP contribution in [0.5, 0.6) is 0 Å². The molecule has 0 aliphatic carbocycles. The van der Waals surface area contributed by atoms with Gasteiger partial charge in [-0.25, -0.2) is 4.98 Å². The Labute approximate surface area is 107 Å². The van der Waals surface area contributed by atoms with Crippen LogP contribution in [0.25, 0.3) is 0 Å². The van der Waals surface area contributed by atoms with E-state index in [1.54, 1.807) is 11.3 Å². The molecule has 0 aliphatic rings. The standard InChI is InChI=1S/C12H21N3OS/c1-9(2)6-14-12(16)4-5-13-7-11-10(3)15-8-17-11/h8-9,13H,4-7H2,1-3H3,(H,14,16). The van der Waals surface area contributed by atoms with E-state index in [-0.39, 0.29) is 5.91 Å². The number of hydrogen-bond donors (Lipinski definition) is 2. The summed E-state index contributed by atoms with van der Waals surface area (Å²) in [5.74, 6) is 0.624. The van der Waals surface area contributed by atoms with Gasteiger partial charge < -0.3 is 10.6 Å². The minimum absolute atomic E-state index is 0.118. The van der Waals surface area contributed by atoms with Gasteiger partial charge in [-0.2, -0.15) is 0 Å². The van der Waals surface area contributed by atoms with Gasteiger partial charge in [0.15, 0.2) is 0 Å². The lowest BCUT2D eigenvalue weighted by molar-refractivity contribution is -0.121. The number of thiazole rings is 1. The van der Waals surface area contributed by atoms with E-state index >= 15 is 0 Å². The number of carbonyl (C=O) groups is 1. The van der Waals surface area contributed by atoms with Crippen molar-refractivity contribution in [3.05, 3.63) is 16.1 Å². The van der Waals surface area contributed by atoms with Crippen LogP contribution in [0.3, 0.4) is 0 Å². The van der Waals surface area contributed by atoms with E-state index in [4.69, 9.17) is 0 Å². The second-order valence-corrected chi connectivity index (χ2v) is 5.42. The Balaban J connectivity index is 2.08. The Bertz CT molecular complexity index is 349. The van der Waals surface area contributed by atoms with Crippen LogP contribution in [0, 0.1) is 12.8 Å². The van der Waals surface area contributed by atoms with Gasteiger partial charge >= 0.3 is 0 Å². The smallest absolute Gasteiger partial charge is 0.221 e. The first-order valence-corrected chi connectivity index (χ1v) is 6.84. The van der Waals surface area contributed by atoms with Crippen LogP contribution in [-0.4, -0.2) is 24.0 Å². The first-order chi connectivity index (χ1) is 8.09.